The number of nitrogen functional groups attached to an aromatic ring is 1. The third kappa shape index (κ3) is 5.80. The van der Waals surface area contributed by atoms with E-state index in [0.717, 1.165) is 21.9 Å². The molecule has 31 heavy (non-hydrogen) atoms. The van der Waals surface area contributed by atoms with Gasteiger partial charge in [-0.2, -0.15) is 5.10 Å². The van der Waals surface area contributed by atoms with E-state index in [2.05, 4.69) is 20.5 Å². The summed E-state index contributed by atoms with van der Waals surface area (Å²) in [7, 11) is 1.61. The monoisotopic (exact) mass is 495 g/mol. The lowest BCUT2D eigenvalue weighted by molar-refractivity contribution is 0.0950. The summed E-state index contributed by atoms with van der Waals surface area (Å²) >= 11 is 19.3. The predicted octanol–water partition coefficient (Wildman–Crippen LogP) is 5.08. The SMILES string of the molecule is COc1ccc(/C=N/NC(=O)c2nc(Cl)c(Cl)c(N)c2Cl)cc1CSc1ccccn1. The van der Waals surface area contributed by atoms with Crippen LogP contribution in [0.25, 0.3) is 0 Å². The number of rotatable bonds is 7. The van der Waals surface area contributed by atoms with Gasteiger partial charge in [0.05, 0.1) is 29.1 Å². The van der Waals surface area contributed by atoms with Gasteiger partial charge in [-0.15, -0.1) is 11.8 Å². The van der Waals surface area contributed by atoms with E-state index >= 15 is 0 Å². The number of nitrogens with one attached hydrogen (secondary N) is 1. The van der Waals surface area contributed by atoms with Crippen molar-refractivity contribution in [1.29, 1.82) is 0 Å². The Hall–Kier alpha value is -2.52. The first kappa shape index (κ1) is 23.1. The van der Waals surface area contributed by atoms with E-state index in [9.17, 15) is 4.79 Å². The van der Waals surface area contributed by atoms with Crippen molar-refractivity contribution >= 4 is 64.4 Å². The van der Waals surface area contributed by atoms with Gasteiger partial charge in [-0.3, -0.25) is 4.79 Å². The number of hydrogen-bond donors (Lipinski definition) is 2. The van der Waals surface area contributed by atoms with Crippen molar-refractivity contribution in [3.8, 4) is 5.75 Å². The number of carbonyl (C=O) groups is 1. The van der Waals surface area contributed by atoms with Crippen LogP contribution in [0.15, 0.2) is 52.7 Å². The first-order valence-corrected chi connectivity index (χ1v) is 10.9. The Balaban J connectivity index is 1.71. The maximum Gasteiger partial charge on any atom is 0.291 e. The number of hydrogen-bond acceptors (Lipinski definition) is 7. The van der Waals surface area contributed by atoms with E-state index < -0.39 is 5.91 Å². The summed E-state index contributed by atoms with van der Waals surface area (Å²) in [6.45, 7) is 0. The summed E-state index contributed by atoms with van der Waals surface area (Å²) in [6, 6.07) is 11.3. The lowest BCUT2D eigenvalue weighted by Crippen LogP contribution is -2.20. The molecule has 0 aliphatic heterocycles. The fraction of sp³-hybridized carbons (Fsp3) is 0.100. The van der Waals surface area contributed by atoms with Gasteiger partial charge in [-0.25, -0.2) is 15.4 Å². The number of pyridine rings is 2. The zero-order valence-electron chi connectivity index (χ0n) is 16.1. The molecule has 1 aromatic carbocycles. The number of thioether (sulfide) groups is 1. The third-order valence-corrected chi connectivity index (χ3v) is 6.11. The van der Waals surface area contributed by atoms with Crippen molar-refractivity contribution in [1.82, 2.24) is 15.4 Å². The standard InChI is InChI=1S/C20H16Cl3N5O2S/c1-30-13-6-5-11(8-12(13)10-31-14-4-2-3-7-25-14)9-26-28-20(29)18-15(21)17(24)16(22)19(23)27-18/h2-9H,10H2,1H3,(H2,24,27)(H,28,29)/b26-9+. The molecule has 2 heterocycles. The number of ether oxygens (including phenoxy) is 1. The highest BCUT2D eigenvalue weighted by Gasteiger charge is 2.19. The number of nitrogens with zero attached hydrogens (tertiary/aromatic N) is 3. The highest BCUT2D eigenvalue weighted by molar-refractivity contribution is 7.98. The summed E-state index contributed by atoms with van der Waals surface area (Å²) in [4.78, 5) is 20.5. The van der Waals surface area contributed by atoms with E-state index in [0.29, 0.717) is 5.75 Å². The molecule has 7 nitrogen and oxygen atoms in total. The Bertz CT molecular complexity index is 1130. The zero-order chi connectivity index (χ0) is 22.4. The van der Waals surface area contributed by atoms with Gasteiger partial charge >= 0.3 is 0 Å². The molecule has 0 radical (unpaired) electrons. The summed E-state index contributed by atoms with van der Waals surface area (Å²) in [6.07, 6.45) is 3.23. The molecule has 0 unspecified atom stereocenters. The smallest absolute Gasteiger partial charge is 0.291 e. The minimum Gasteiger partial charge on any atom is -0.496 e. The molecule has 3 aromatic rings. The Kier molecular flexibility index (Phi) is 7.97. The Labute approximate surface area is 198 Å². The minimum atomic E-state index is -0.675. The van der Waals surface area contributed by atoms with Gasteiger partial charge in [0.15, 0.2) is 10.8 Å². The van der Waals surface area contributed by atoms with E-state index in [1.54, 1.807) is 25.1 Å². The molecule has 0 atom stereocenters. The average molecular weight is 497 g/mol. The Morgan fingerprint density at radius 2 is 2.06 bits per heavy atom. The Morgan fingerprint density at radius 3 is 2.77 bits per heavy atom. The summed E-state index contributed by atoms with van der Waals surface area (Å²) in [5.74, 6) is 0.717. The van der Waals surface area contributed by atoms with E-state index in [1.165, 1.54) is 6.21 Å². The summed E-state index contributed by atoms with van der Waals surface area (Å²) < 4.78 is 5.43. The highest BCUT2D eigenvalue weighted by atomic mass is 35.5. The number of carbonyl (C=O) groups excluding carboxylic acids is 1. The number of hydrazone groups is 1. The summed E-state index contributed by atoms with van der Waals surface area (Å²) in [5, 5.41) is 4.63. The lowest BCUT2D eigenvalue weighted by atomic mass is 10.1. The topological polar surface area (TPSA) is 102 Å². The maximum absolute atomic E-state index is 12.3. The molecular formula is C20H16Cl3N5O2S. The molecule has 0 spiro atoms. The number of aromatic nitrogens is 2. The van der Waals surface area contributed by atoms with Crippen molar-refractivity contribution in [2.45, 2.75) is 10.8 Å². The molecule has 1 amide bonds. The molecule has 0 saturated carbocycles. The van der Waals surface area contributed by atoms with Crippen LogP contribution >= 0.6 is 46.6 Å². The van der Waals surface area contributed by atoms with Crippen LogP contribution in [-0.4, -0.2) is 29.2 Å². The van der Waals surface area contributed by atoms with E-state index in [-0.39, 0.29) is 26.6 Å². The van der Waals surface area contributed by atoms with Crippen LogP contribution in [-0.2, 0) is 5.75 Å². The number of benzene rings is 1. The van der Waals surface area contributed by atoms with Gasteiger partial charge in [-0.1, -0.05) is 40.9 Å². The van der Waals surface area contributed by atoms with Crippen molar-refractivity contribution in [2.24, 2.45) is 5.10 Å². The van der Waals surface area contributed by atoms with Crippen molar-refractivity contribution in [2.75, 3.05) is 12.8 Å². The molecular weight excluding hydrogens is 481 g/mol. The molecule has 0 saturated heterocycles. The molecule has 0 aliphatic carbocycles. The second kappa shape index (κ2) is 10.7. The van der Waals surface area contributed by atoms with Gasteiger partial charge in [0, 0.05) is 17.5 Å². The number of halogens is 3. The number of methoxy groups -OCH3 is 1. The van der Waals surface area contributed by atoms with Crippen molar-refractivity contribution in [3.05, 3.63) is 74.6 Å². The molecule has 160 valence electrons. The minimum absolute atomic E-state index is 0.0129. The number of nitrogens with two attached hydrogens (primary N) is 1. The number of amides is 1. The van der Waals surface area contributed by atoms with E-state index in [1.807, 2.05) is 36.4 Å². The molecule has 11 heteroatoms. The van der Waals surface area contributed by atoms with Crippen LogP contribution in [0.4, 0.5) is 5.69 Å². The predicted molar refractivity (Wildman–Crippen MR) is 126 cm³/mol. The second-order valence-electron chi connectivity index (χ2n) is 6.02. The number of anilines is 1. The molecule has 0 fully saturated rings. The normalized spacial score (nSPS) is 11.0. The third-order valence-electron chi connectivity index (χ3n) is 3.98. The maximum atomic E-state index is 12.3. The Morgan fingerprint density at radius 1 is 1.26 bits per heavy atom. The lowest BCUT2D eigenvalue weighted by Gasteiger charge is -2.09. The summed E-state index contributed by atoms with van der Waals surface area (Å²) in [5.41, 5.74) is 9.59. The van der Waals surface area contributed by atoms with Gasteiger partial charge in [0.2, 0.25) is 0 Å². The van der Waals surface area contributed by atoms with Crippen LogP contribution < -0.4 is 15.9 Å². The average Bonchev–Trinajstić information content (AvgIpc) is 2.79. The van der Waals surface area contributed by atoms with Crippen LogP contribution in [0.3, 0.4) is 0 Å². The second-order valence-corrected chi connectivity index (χ2v) is 8.13. The van der Waals surface area contributed by atoms with Crippen LogP contribution in [0.2, 0.25) is 15.2 Å². The van der Waals surface area contributed by atoms with Crippen LogP contribution in [0.5, 0.6) is 5.75 Å². The van der Waals surface area contributed by atoms with Crippen molar-refractivity contribution in [3.63, 3.8) is 0 Å². The van der Waals surface area contributed by atoms with Crippen LogP contribution in [0.1, 0.15) is 21.6 Å². The van der Waals surface area contributed by atoms with Gasteiger partial charge < -0.3 is 10.5 Å². The van der Waals surface area contributed by atoms with Crippen LogP contribution in [0, 0.1) is 0 Å². The first-order chi connectivity index (χ1) is 14.9. The zero-order valence-corrected chi connectivity index (χ0v) is 19.2. The molecule has 2 aromatic heterocycles. The van der Waals surface area contributed by atoms with Crippen molar-refractivity contribution < 1.29 is 9.53 Å². The molecule has 3 N–H and O–H groups in total. The molecule has 0 bridgehead atoms. The fourth-order valence-electron chi connectivity index (χ4n) is 2.48. The van der Waals surface area contributed by atoms with Gasteiger partial charge in [-0.05, 0) is 35.9 Å². The highest BCUT2D eigenvalue weighted by Crippen LogP contribution is 2.34. The van der Waals surface area contributed by atoms with Gasteiger partial charge in [0.25, 0.3) is 5.91 Å². The first-order valence-electron chi connectivity index (χ1n) is 8.74. The largest absolute Gasteiger partial charge is 0.496 e. The van der Waals surface area contributed by atoms with Gasteiger partial charge in [0.1, 0.15) is 10.8 Å². The molecule has 0 aliphatic rings. The quantitative estimate of drug-likeness (QED) is 0.205. The fourth-order valence-corrected chi connectivity index (χ4v) is 3.91. The van der Waals surface area contributed by atoms with E-state index in [4.69, 9.17) is 45.3 Å². The molecule has 3 rings (SSSR count).